The topological polar surface area (TPSA) is 74.7 Å². The number of aryl methyl sites for hydroxylation is 1. The number of hydrogen-bond acceptors (Lipinski definition) is 6. The minimum absolute atomic E-state index is 0.414. The van der Waals surface area contributed by atoms with Crippen molar-refractivity contribution in [3.63, 3.8) is 0 Å². The summed E-state index contributed by atoms with van der Waals surface area (Å²) >= 11 is 1.63. The Balaban J connectivity index is 1.43. The van der Waals surface area contributed by atoms with Gasteiger partial charge in [-0.1, -0.05) is 60.2 Å². The molecule has 35 heavy (non-hydrogen) atoms. The van der Waals surface area contributed by atoms with Gasteiger partial charge in [-0.05, 0) is 49.6 Å². The van der Waals surface area contributed by atoms with Crippen LogP contribution in [0.5, 0.6) is 5.75 Å². The minimum atomic E-state index is -0.519. The van der Waals surface area contributed by atoms with Gasteiger partial charge in [0.1, 0.15) is 5.75 Å². The standard InChI is InChI=1S/C28H29N3O3S/c1-21-9-13-23(14-10-21)26-20-35-28(29-26)31(17-5-6-18-34-25-7-3-2-4-8-25)19-22-11-15-24(16-12-22)27(32)30-33/h2-4,7-16,20,33H,5-6,17-19H2,1H3,(H,30,32). The van der Waals surface area contributed by atoms with Crippen LogP contribution in [0.4, 0.5) is 5.13 Å². The van der Waals surface area contributed by atoms with Gasteiger partial charge in [0.25, 0.3) is 5.91 Å². The van der Waals surface area contributed by atoms with Crippen molar-refractivity contribution >= 4 is 22.4 Å². The molecule has 0 atom stereocenters. The first-order valence-electron chi connectivity index (χ1n) is 11.6. The Labute approximate surface area is 209 Å². The van der Waals surface area contributed by atoms with Crippen LogP contribution in [-0.2, 0) is 6.54 Å². The molecule has 0 unspecified atom stereocenters. The molecule has 3 aromatic carbocycles. The van der Waals surface area contributed by atoms with E-state index in [0.717, 1.165) is 47.1 Å². The van der Waals surface area contributed by atoms with Gasteiger partial charge in [-0.15, -0.1) is 11.3 Å². The lowest BCUT2D eigenvalue weighted by Crippen LogP contribution is -2.24. The quantitative estimate of drug-likeness (QED) is 0.152. The van der Waals surface area contributed by atoms with Gasteiger partial charge >= 0.3 is 0 Å². The number of benzene rings is 3. The van der Waals surface area contributed by atoms with Crippen LogP contribution in [0.15, 0.2) is 84.2 Å². The lowest BCUT2D eigenvalue weighted by molar-refractivity contribution is 0.0706. The largest absolute Gasteiger partial charge is 0.494 e. The lowest BCUT2D eigenvalue weighted by Gasteiger charge is -2.22. The van der Waals surface area contributed by atoms with E-state index in [1.54, 1.807) is 28.9 Å². The number of nitrogens with one attached hydrogen (secondary N) is 1. The molecule has 0 saturated heterocycles. The Bertz CT molecular complexity index is 1210. The summed E-state index contributed by atoms with van der Waals surface area (Å²) < 4.78 is 5.84. The van der Waals surface area contributed by atoms with Crippen molar-refractivity contribution < 1.29 is 14.7 Å². The second-order valence-electron chi connectivity index (χ2n) is 8.31. The molecular formula is C28H29N3O3S. The van der Waals surface area contributed by atoms with E-state index >= 15 is 0 Å². The first-order chi connectivity index (χ1) is 17.1. The molecule has 0 radical (unpaired) electrons. The Morgan fingerprint density at radius 2 is 1.74 bits per heavy atom. The molecule has 0 aliphatic heterocycles. The van der Waals surface area contributed by atoms with Crippen LogP contribution >= 0.6 is 11.3 Å². The number of carbonyl (C=O) groups excluding carboxylic acids is 1. The monoisotopic (exact) mass is 487 g/mol. The van der Waals surface area contributed by atoms with Crippen molar-refractivity contribution in [2.24, 2.45) is 0 Å². The summed E-state index contributed by atoms with van der Waals surface area (Å²) in [5.74, 6) is 0.369. The van der Waals surface area contributed by atoms with Crippen LogP contribution in [0.3, 0.4) is 0 Å². The molecular weight excluding hydrogens is 458 g/mol. The first kappa shape index (κ1) is 24.4. The van der Waals surface area contributed by atoms with E-state index in [4.69, 9.17) is 14.9 Å². The molecule has 1 amide bonds. The number of amides is 1. The summed E-state index contributed by atoms with van der Waals surface area (Å²) in [6.07, 6.45) is 1.88. The van der Waals surface area contributed by atoms with Crippen molar-refractivity contribution in [1.82, 2.24) is 10.5 Å². The molecule has 2 N–H and O–H groups in total. The molecule has 4 aromatic rings. The van der Waals surface area contributed by atoms with Gasteiger partial charge in [0.05, 0.1) is 12.3 Å². The molecule has 0 spiro atoms. The Morgan fingerprint density at radius 1 is 1.00 bits per heavy atom. The second kappa shape index (κ2) is 12.1. The van der Waals surface area contributed by atoms with Gasteiger partial charge in [0.2, 0.25) is 0 Å². The molecule has 1 heterocycles. The second-order valence-corrected chi connectivity index (χ2v) is 9.15. The highest BCUT2D eigenvalue weighted by Crippen LogP contribution is 2.29. The van der Waals surface area contributed by atoms with Crippen LogP contribution < -0.4 is 15.1 Å². The maximum Gasteiger partial charge on any atom is 0.274 e. The summed E-state index contributed by atoms with van der Waals surface area (Å²) in [6.45, 7) is 4.24. The van der Waals surface area contributed by atoms with E-state index in [1.165, 1.54) is 5.56 Å². The third-order valence-corrected chi connectivity index (χ3v) is 6.54. The van der Waals surface area contributed by atoms with E-state index in [2.05, 4.69) is 41.5 Å². The van der Waals surface area contributed by atoms with Crippen LogP contribution in [0, 0.1) is 6.92 Å². The smallest absolute Gasteiger partial charge is 0.274 e. The number of ether oxygens (including phenoxy) is 1. The van der Waals surface area contributed by atoms with Gasteiger partial charge in [-0.3, -0.25) is 10.0 Å². The number of thiazole rings is 1. The van der Waals surface area contributed by atoms with Crippen LogP contribution in [0.2, 0.25) is 0 Å². The van der Waals surface area contributed by atoms with E-state index in [-0.39, 0.29) is 0 Å². The predicted molar refractivity (Wildman–Crippen MR) is 140 cm³/mol. The number of anilines is 1. The molecule has 6 nitrogen and oxygen atoms in total. The van der Waals surface area contributed by atoms with Crippen molar-refractivity contribution in [1.29, 1.82) is 0 Å². The number of hydrogen-bond donors (Lipinski definition) is 2. The number of unbranched alkanes of at least 4 members (excludes halogenated alkanes) is 1. The van der Waals surface area contributed by atoms with Crippen molar-refractivity contribution in [2.75, 3.05) is 18.1 Å². The molecule has 7 heteroatoms. The van der Waals surface area contributed by atoms with E-state index in [9.17, 15) is 4.79 Å². The van der Waals surface area contributed by atoms with Crippen molar-refractivity contribution in [2.45, 2.75) is 26.3 Å². The number of carbonyl (C=O) groups is 1. The summed E-state index contributed by atoms with van der Waals surface area (Å²) in [4.78, 5) is 18.8. The summed E-state index contributed by atoms with van der Waals surface area (Å²) in [5.41, 5.74) is 6.45. The van der Waals surface area contributed by atoms with Gasteiger partial charge in [-0.25, -0.2) is 10.5 Å². The first-order valence-corrected chi connectivity index (χ1v) is 12.5. The van der Waals surface area contributed by atoms with E-state index in [1.807, 2.05) is 42.5 Å². The third-order valence-electron chi connectivity index (χ3n) is 5.64. The normalized spacial score (nSPS) is 10.7. The van der Waals surface area contributed by atoms with E-state index in [0.29, 0.717) is 18.7 Å². The molecule has 0 saturated carbocycles. The van der Waals surface area contributed by atoms with Crippen molar-refractivity contribution in [3.8, 4) is 17.0 Å². The molecule has 1 aromatic heterocycles. The van der Waals surface area contributed by atoms with Gasteiger partial charge in [0, 0.05) is 29.6 Å². The number of para-hydroxylation sites is 1. The fourth-order valence-corrected chi connectivity index (χ4v) is 4.53. The molecule has 180 valence electrons. The predicted octanol–water partition coefficient (Wildman–Crippen LogP) is 6.10. The van der Waals surface area contributed by atoms with E-state index < -0.39 is 5.91 Å². The highest BCUT2D eigenvalue weighted by Gasteiger charge is 2.14. The Morgan fingerprint density at radius 3 is 2.46 bits per heavy atom. The van der Waals surface area contributed by atoms with Gasteiger partial charge < -0.3 is 9.64 Å². The van der Waals surface area contributed by atoms with Crippen LogP contribution in [0.25, 0.3) is 11.3 Å². The van der Waals surface area contributed by atoms with Gasteiger partial charge in [0.15, 0.2) is 5.13 Å². The number of aromatic nitrogens is 1. The van der Waals surface area contributed by atoms with Crippen molar-refractivity contribution in [3.05, 3.63) is 101 Å². The van der Waals surface area contributed by atoms with Crippen LogP contribution in [0.1, 0.15) is 34.3 Å². The summed E-state index contributed by atoms with van der Waals surface area (Å²) in [6, 6.07) is 25.5. The molecule has 0 bridgehead atoms. The lowest BCUT2D eigenvalue weighted by atomic mass is 10.1. The Kier molecular flexibility index (Phi) is 8.48. The average Bonchev–Trinajstić information content (AvgIpc) is 3.39. The molecule has 0 aliphatic carbocycles. The average molecular weight is 488 g/mol. The summed E-state index contributed by atoms with van der Waals surface area (Å²) in [7, 11) is 0. The zero-order chi connectivity index (χ0) is 24.5. The highest BCUT2D eigenvalue weighted by molar-refractivity contribution is 7.14. The Hall–Kier alpha value is -3.68. The molecule has 0 aliphatic rings. The SMILES string of the molecule is Cc1ccc(-c2csc(N(CCCCOc3ccccc3)Cc3ccc(C(=O)NO)cc3)n2)cc1. The fraction of sp³-hybridized carbons (Fsp3) is 0.214. The number of rotatable bonds is 11. The van der Waals surface area contributed by atoms with Gasteiger partial charge in [-0.2, -0.15) is 0 Å². The maximum atomic E-state index is 11.6. The zero-order valence-corrected chi connectivity index (χ0v) is 20.5. The zero-order valence-electron chi connectivity index (χ0n) is 19.7. The highest BCUT2D eigenvalue weighted by atomic mass is 32.1. The minimum Gasteiger partial charge on any atom is -0.494 e. The maximum absolute atomic E-state index is 11.6. The van der Waals surface area contributed by atoms with Crippen LogP contribution in [-0.4, -0.2) is 29.3 Å². The number of hydroxylamine groups is 1. The fourth-order valence-electron chi connectivity index (χ4n) is 3.67. The third kappa shape index (κ3) is 6.91. The molecule has 4 rings (SSSR count). The summed E-state index contributed by atoms with van der Waals surface area (Å²) in [5, 5.41) is 11.9. The molecule has 0 fully saturated rings. The number of nitrogens with zero attached hydrogens (tertiary/aromatic N) is 2.